The number of hydrogen-bond acceptors (Lipinski definition) is 6. The fraction of sp³-hybridized carbons (Fsp3) is 0.450. The number of carbonyl (C=O) groups excluding carboxylic acids is 1. The number of fused-ring (bicyclic) bond motifs is 1. The Morgan fingerprint density at radius 2 is 2.21 bits per heavy atom. The van der Waals surface area contributed by atoms with E-state index in [0.717, 1.165) is 46.9 Å². The Bertz CT molecular complexity index is 1010. The number of hydrogen-bond donors (Lipinski definition) is 1. The van der Waals surface area contributed by atoms with Crippen molar-refractivity contribution in [1.82, 2.24) is 19.7 Å². The van der Waals surface area contributed by atoms with Crippen LogP contribution in [0.4, 0.5) is 0 Å². The van der Waals surface area contributed by atoms with Crippen LogP contribution in [0.3, 0.4) is 0 Å². The van der Waals surface area contributed by atoms with Crippen LogP contribution in [-0.2, 0) is 20.8 Å². The van der Waals surface area contributed by atoms with E-state index in [1.807, 2.05) is 31.3 Å². The van der Waals surface area contributed by atoms with Gasteiger partial charge in [0.25, 0.3) is 0 Å². The molecule has 7 nitrogen and oxygen atoms in total. The van der Waals surface area contributed by atoms with Crippen LogP contribution >= 0.6 is 11.8 Å². The molecule has 3 aromatic rings. The van der Waals surface area contributed by atoms with E-state index in [4.69, 9.17) is 9.47 Å². The molecule has 5 rings (SSSR count). The third kappa shape index (κ3) is 3.20. The molecule has 0 bridgehead atoms. The Balaban J connectivity index is 1.53. The molecule has 2 saturated heterocycles. The minimum absolute atomic E-state index is 0.0485. The van der Waals surface area contributed by atoms with Crippen molar-refractivity contribution in [2.75, 3.05) is 6.61 Å². The number of aromatic nitrogens is 4. The summed E-state index contributed by atoms with van der Waals surface area (Å²) in [6, 6.07) is 8.15. The van der Waals surface area contributed by atoms with E-state index in [2.05, 4.69) is 25.8 Å². The molecule has 0 amide bonds. The predicted molar refractivity (Wildman–Crippen MR) is 106 cm³/mol. The molecule has 0 aliphatic carbocycles. The average molecular weight is 398 g/mol. The quantitative estimate of drug-likeness (QED) is 0.664. The smallest absolute Gasteiger partial charge is 0.319 e. The molecule has 0 radical (unpaired) electrons. The lowest BCUT2D eigenvalue weighted by molar-refractivity contribution is -0.140. The maximum absolute atomic E-state index is 12.1. The summed E-state index contributed by atoms with van der Waals surface area (Å²) in [6.07, 6.45) is 4.86. The Morgan fingerprint density at radius 1 is 1.32 bits per heavy atom. The van der Waals surface area contributed by atoms with E-state index in [1.54, 1.807) is 0 Å². The first-order chi connectivity index (χ1) is 13.7. The van der Waals surface area contributed by atoms with E-state index in [0.29, 0.717) is 13.0 Å². The van der Waals surface area contributed by atoms with Crippen LogP contribution in [0.2, 0.25) is 0 Å². The van der Waals surface area contributed by atoms with Crippen molar-refractivity contribution in [2.45, 2.75) is 55.3 Å². The van der Waals surface area contributed by atoms with Gasteiger partial charge in [-0.3, -0.25) is 9.36 Å². The van der Waals surface area contributed by atoms with Crippen LogP contribution in [0, 0.1) is 0 Å². The molecule has 0 spiro atoms. The first-order valence-electron chi connectivity index (χ1n) is 9.67. The highest BCUT2D eigenvalue weighted by Crippen LogP contribution is 2.35. The normalized spacial score (nSPS) is 24.9. The van der Waals surface area contributed by atoms with Crippen molar-refractivity contribution in [3.05, 3.63) is 30.5 Å². The molecule has 146 valence electrons. The third-order valence-electron chi connectivity index (χ3n) is 5.33. The molecule has 2 fully saturated rings. The number of carbonyl (C=O) groups is 1. The molecule has 2 aliphatic heterocycles. The first kappa shape index (κ1) is 17.8. The zero-order chi connectivity index (χ0) is 19.1. The summed E-state index contributed by atoms with van der Waals surface area (Å²) in [5.41, 5.74) is 2.07. The maximum atomic E-state index is 12.1. The fourth-order valence-electron chi connectivity index (χ4n) is 3.93. The van der Waals surface area contributed by atoms with Crippen molar-refractivity contribution in [1.29, 1.82) is 0 Å². The Kier molecular flexibility index (Phi) is 4.60. The van der Waals surface area contributed by atoms with Gasteiger partial charge in [0.1, 0.15) is 11.4 Å². The van der Waals surface area contributed by atoms with Gasteiger partial charge in [-0.25, -0.2) is 0 Å². The second-order valence-corrected chi connectivity index (χ2v) is 8.56. The van der Waals surface area contributed by atoms with Gasteiger partial charge in [-0.1, -0.05) is 30.0 Å². The molecule has 1 aromatic carbocycles. The van der Waals surface area contributed by atoms with Crippen molar-refractivity contribution in [3.8, 4) is 11.4 Å². The zero-order valence-corrected chi connectivity index (χ0v) is 16.4. The Labute approximate surface area is 166 Å². The lowest BCUT2D eigenvalue weighted by Gasteiger charge is -2.15. The van der Waals surface area contributed by atoms with Gasteiger partial charge in [0.05, 0.1) is 12.6 Å². The van der Waals surface area contributed by atoms with Gasteiger partial charge >= 0.3 is 5.97 Å². The zero-order valence-electron chi connectivity index (χ0n) is 15.6. The van der Waals surface area contributed by atoms with E-state index in [9.17, 15) is 4.79 Å². The fourth-order valence-corrected chi connectivity index (χ4v) is 5.08. The van der Waals surface area contributed by atoms with Crippen molar-refractivity contribution in [3.63, 3.8) is 0 Å². The number of H-pyrrole nitrogens is 1. The predicted octanol–water partition coefficient (Wildman–Crippen LogP) is 3.40. The van der Waals surface area contributed by atoms with Gasteiger partial charge in [-0.2, -0.15) is 0 Å². The molecular weight excluding hydrogens is 376 g/mol. The lowest BCUT2D eigenvalue weighted by atomic mass is 10.1. The van der Waals surface area contributed by atoms with Crippen LogP contribution in [0.25, 0.3) is 22.3 Å². The summed E-state index contributed by atoms with van der Waals surface area (Å²) in [6.45, 7) is 3.40. The molecule has 0 unspecified atom stereocenters. The monoisotopic (exact) mass is 398 g/mol. The second-order valence-electron chi connectivity index (χ2n) is 7.39. The van der Waals surface area contributed by atoms with Crippen molar-refractivity contribution >= 4 is 28.6 Å². The summed E-state index contributed by atoms with van der Waals surface area (Å²) in [5, 5.41) is 10.6. The molecule has 2 aromatic heterocycles. The summed E-state index contributed by atoms with van der Waals surface area (Å²) in [4.78, 5) is 15.4. The van der Waals surface area contributed by atoms with E-state index in [1.165, 1.54) is 11.8 Å². The van der Waals surface area contributed by atoms with Crippen LogP contribution in [-0.4, -0.2) is 49.8 Å². The third-order valence-corrected chi connectivity index (χ3v) is 6.51. The number of rotatable bonds is 5. The van der Waals surface area contributed by atoms with Crippen molar-refractivity contribution < 1.29 is 14.3 Å². The van der Waals surface area contributed by atoms with Gasteiger partial charge in [0.15, 0.2) is 11.0 Å². The number of aromatic amines is 1. The number of cyclic esters (lactones) is 1. The van der Waals surface area contributed by atoms with Gasteiger partial charge in [-0.05, 0) is 25.8 Å². The van der Waals surface area contributed by atoms with Gasteiger partial charge in [0.2, 0.25) is 0 Å². The molecule has 4 heterocycles. The molecular formula is C20H22N4O3S. The highest BCUT2D eigenvalue weighted by molar-refractivity contribution is 8.00. The molecule has 0 saturated carbocycles. The largest absolute Gasteiger partial charge is 0.462 e. The van der Waals surface area contributed by atoms with Crippen LogP contribution in [0.1, 0.15) is 26.2 Å². The Hall–Kier alpha value is -2.32. The summed E-state index contributed by atoms with van der Waals surface area (Å²) < 4.78 is 13.3. The second kappa shape index (κ2) is 7.25. The number of nitrogens with one attached hydrogen (secondary N) is 1. The minimum Gasteiger partial charge on any atom is -0.462 e. The minimum atomic E-state index is -0.238. The number of nitrogens with zero attached hydrogens (tertiary/aromatic N) is 3. The molecule has 1 N–H and O–H groups in total. The molecule has 28 heavy (non-hydrogen) atoms. The number of esters is 1. The van der Waals surface area contributed by atoms with E-state index in [-0.39, 0.29) is 23.4 Å². The highest BCUT2D eigenvalue weighted by atomic mass is 32.2. The molecule has 3 atom stereocenters. The average Bonchev–Trinajstić information content (AvgIpc) is 3.45. The SMILES string of the molecule is C[C@@H]1C[C@@H](Sc2nnc(-c3c[nH]c4ccccc34)n2C[C@@H]2CCCO2)C(=O)O1. The lowest BCUT2D eigenvalue weighted by Crippen LogP contribution is -2.18. The number of para-hydroxylation sites is 1. The maximum Gasteiger partial charge on any atom is 0.319 e. The topological polar surface area (TPSA) is 82.0 Å². The Morgan fingerprint density at radius 3 is 3.00 bits per heavy atom. The molecule has 8 heteroatoms. The van der Waals surface area contributed by atoms with E-state index >= 15 is 0 Å². The van der Waals surface area contributed by atoms with Gasteiger partial charge in [0, 0.05) is 35.7 Å². The first-order valence-corrected chi connectivity index (χ1v) is 10.6. The number of thioether (sulfide) groups is 1. The molecule has 2 aliphatic rings. The van der Waals surface area contributed by atoms with Gasteiger partial charge in [-0.15, -0.1) is 10.2 Å². The summed E-state index contributed by atoms with van der Waals surface area (Å²) >= 11 is 1.45. The van der Waals surface area contributed by atoms with Crippen LogP contribution in [0.15, 0.2) is 35.6 Å². The van der Waals surface area contributed by atoms with Crippen molar-refractivity contribution in [2.24, 2.45) is 0 Å². The number of ether oxygens (including phenoxy) is 2. The van der Waals surface area contributed by atoms with Crippen LogP contribution in [0.5, 0.6) is 0 Å². The highest BCUT2D eigenvalue weighted by Gasteiger charge is 2.35. The summed E-state index contributed by atoms with van der Waals surface area (Å²) in [5.74, 6) is 0.632. The van der Waals surface area contributed by atoms with Crippen LogP contribution < -0.4 is 0 Å². The number of benzene rings is 1. The summed E-state index contributed by atoms with van der Waals surface area (Å²) in [7, 11) is 0. The standard InChI is InChI=1S/C20H22N4O3S/c1-12-9-17(19(25)27-12)28-20-23-22-18(24(20)11-13-5-4-8-26-13)15-10-21-16-7-3-2-6-14(15)16/h2-3,6-7,10,12-13,17,21H,4-5,8-9,11H2,1H3/t12-,13+,17-/m1/s1. The van der Waals surface area contributed by atoms with E-state index < -0.39 is 0 Å². The van der Waals surface area contributed by atoms with Gasteiger partial charge < -0.3 is 14.5 Å².